The van der Waals surface area contributed by atoms with Crippen molar-refractivity contribution in [3.63, 3.8) is 0 Å². The van der Waals surface area contributed by atoms with Gasteiger partial charge >= 0.3 is 5.97 Å². The smallest absolute Gasteiger partial charge is 0.307 e. The van der Waals surface area contributed by atoms with Crippen LogP contribution in [-0.4, -0.2) is 31.1 Å². The summed E-state index contributed by atoms with van der Waals surface area (Å²) in [5.41, 5.74) is 2.66. The zero-order chi connectivity index (χ0) is 26.2. The minimum absolute atomic E-state index is 0.0261. The quantitative estimate of drug-likeness (QED) is 0.286. The Morgan fingerprint density at radius 2 is 1.49 bits per heavy atom. The maximum Gasteiger partial charge on any atom is 0.307 e. The van der Waals surface area contributed by atoms with E-state index in [1.165, 1.54) is 11.8 Å². The summed E-state index contributed by atoms with van der Waals surface area (Å²) in [6, 6.07) is 28.9. The Morgan fingerprint density at radius 1 is 0.838 bits per heavy atom. The molecule has 0 atom stereocenters. The van der Waals surface area contributed by atoms with Crippen LogP contribution in [-0.2, 0) is 17.6 Å². The van der Waals surface area contributed by atoms with Crippen LogP contribution in [0.15, 0.2) is 111 Å². The van der Waals surface area contributed by atoms with Crippen LogP contribution in [0.5, 0.6) is 11.5 Å². The highest BCUT2D eigenvalue weighted by atomic mass is 32.2. The van der Waals surface area contributed by atoms with Gasteiger partial charge in [0.1, 0.15) is 11.5 Å². The van der Waals surface area contributed by atoms with E-state index in [4.69, 9.17) is 14.6 Å². The zero-order valence-corrected chi connectivity index (χ0v) is 22.1. The van der Waals surface area contributed by atoms with E-state index in [9.17, 15) is 9.59 Å². The first-order valence-corrected chi connectivity index (χ1v) is 13.2. The molecule has 0 spiro atoms. The van der Waals surface area contributed by atoms with Crippen molar-refractivity contribution in [1.29, 1.82) is 0 Å². The maximum atomic E-state index is 12.3. The van der Waals surface area contributed by atoms with Crippen LogP contribution < -0.4 is 9.47 Å². The number of methoxy groups -OCH3 is 2. The molecule has 5 nitrogen and oxygen atoms in total. The molecule has 0 radical (unpaired) electrons. The standard InChI is InChI=1S/C15H14O3S.C15H12O2S/c1-18-12-7-3-5-9-14(12)19-13-8-4-2-6-11(13)10-15(16)17;1-17-13-7-4-6-11-12(16)9-10-5-2-3-8-14(10)18-15(11)13/h2-9H,10H2,1H3,(H,16,17);2-8H,9H2,1H3. The lowest BCUT2D eigenvalue weighted by molar-refractivity contribution is -0.136. The van der Waals surface area contributed by atoms with Crippen molar-refractivity contribution in [3.05, 3.63) is 108 Å². The third-order valence-electron chi connectivity index (χ3n) is 5.64. The number of carbonyl (C=O) groups is 2. The molecule has 4 aromatic rings. The van der Waals surface area contributed by atoms with Gasteiger partial charge < -0.3 is 14.6 Å². The molecular formula is C30H26O5S2. The summed E-state index contributed by atoms with van der Waals surface area (Å²) >= 11 is 3.13. The van der Waals surface area contributed by atoms with E-state index in [2.05, 4.69) is 6.07 Å². The van der Waals surface area contributed by atoms with Crippen LogP contribution in [0.4, 0.5) is 0 Å². The van der Waals surface area contributed by atoms with Crippen LogP contribution in [0.1, 0.15) is 21.5 Å². The molecule has 5 rings (SSSR count). The van der Waals surface area contributed by atoms with E-state index in [1.807, 2.05) is 84.9 Å². The minimum atomic E-state index is -0.826. The molecule has 0 saturated heterocycles. The molecule has 0 aliphatic carbocycles. The summed E-state index contributed by atoms with van der Waals surface area (Å²) in [5, 5.41) is 8.92. The number of hydrogen-bond donors (Lipinski definition) is 1. The van der Waals surface area contributed by atoms with Gasteiger partial charge in [-0.05, 0) is 47.5 Å². The summed E-state index contributed by atoms with van der Waals surface area (Å²) in [5.74, 6) is 0.884. The second kappa shape index (κ2) is 12.5. The van der Waals surface area contributed by atoms with Gasteiger partial charge in [0, 0.05) is 21.8 Å². The molecule has 0 unspecified atom stereocenters. The second-order valence-corrected chi connectivity index (χ2v) is 10.2. The van der Waals surface area contributed by atoms with Gasteiger partial charge in [-0.1, -0.05) is 78.1 Å². The SMILES string of the molecule is COc1cccc2c1Sc1ccccc1CC2=O.COc1ccccc1Sc1ccccc1CC(=O)O. The van der Waals surface area contributed by atoms with Gasteiger partial charge in [-0.15, -0.1) is 0 Å². The van der Waals surface area contributed by atoms with Crippen molar-refractivity contribution in [1.82, 2.24) is 0 Å². The van der Waals surface area contributed by atoms with Crippen molar-refractivity contribution in [2.75, 3.05) is 14.2 Å². The Hall–Kier alpha value is -3.68. The van der Waals surface area contributed by atoms with E-state index >= 15 is 0 Å². The molecule has 4 aromatic carbocycles. The summed E-state index contributed by atoms with van der Waals surface area (Å²) in [6.07, 6.45) is 0.488. The Kier molecular flexibility index (Phi) is 8.93. The monoisotopic (exact) mass is 530 g/mol. The van der Waals surface area contributed by atoms with Gasteiger partial charge in [0.15, 0.2) is 5.78 Å². The molecule has 1 aliphatic rings. The van der Waals surface area contributed by atoms with Gasteiger partial charge in [0.05, 0.1) is 30.4 Å². The molecule has 37 heavy (non-hydrogen) atoms. The van der Waals surface area contributed by atoms with Crippen LogP contribution in [0.2, 0.25) is 0 Å². The Morgan fingerprint density at radius 3 is 2.24 bits per heavy atom. The second-order valence-electron chi connectivity index (χ2n) is 8.08. The number of carboxylic acids is 1. The normalized spacial score (nSPS) is 11.8. The van der Waals surface area contributed by atoms with Crippen LogP contribution in [0, 0.1) is 0 Å². The van der Waals surface area contributed by atoms with Crippen molar-refractivity contribution < 1.29 is 24.2 Å². The lowest BCUT2D eigenvalue weighted by atomic mass is 10.0. The summed E-state index contributed by atoms with van der Waals surface area (Å²) in [7, 11) is 3.26. The third kappa shape index (κ3) is 6.56. The third-order valence-corrected chi connectivity index (χ3v) is 8.06. The number of hydrogen-bond acceptors (Lipinski definition) is 6. The number of rotatable bonds is 6. The molecule has 188 valence electrons. The highest BCUT2D eigenvalue weighted by Crippen LogP contribution is 2.42. The molecule has 0 bridgehead atoms. The maximum absolute atomic E-state index is 12.3. The highest BCUT2D eigenvalue weighted by molar-refractivity contribution is 7.99. The minimum Gasteiger partial charge on any atom is -0.496 e. The van der Waals surface area contributed by atoms with Gasteiger partial charge in [0.25, 0.3) is 0 Å². The first-order valence-electron chi connectivity index (χ1n) is 11.6. The molecule has 1 aliphatic heterocycles. The van der Waals surface area contributed by atoms with E-state index in [-0.39, 0.29) is 12.2 Å². The Balaban J connectivity index is 0.000000173. The molecule has 0 amide bonds. The van der Waals surface area contributed by atoms with E-state index < -0.39 is 5.97 Å². The fourth-order valence-electron chi connectivity index (χ4n) is 3.86. The molecule has 1 N–H and O–H groups in total. The molecule has 0 fully saturated rings. The van der Waals surface area contributed by atoms with E-state index in [1.54, 1.807) is 26.0 Å². The highest BCUT2D eigenvalue weighted by Gasteiger charge is 2.22. The molecule has 1 heterocycles. The number of Topliss-reactive ketones (excluding diaryl/α,β-unsaturated/α-hetero) is 1. The largest absolute Gasteiger partial charge is 0.496 e. The Labute approximate surface area is 224 Å². The van der Waals surface area contributed by atoms with Crippen LogP contribution in [0.25, 0.3) is 0 Å². The zero-order valence-electron chi connectivity index (χ0n) is 20.5. The molecular weight excluding hydrogens is 504 g/mol. The fourth-order valence-corrected chi connectivity index (χ4v) is 6.10. The number of aliphatic carboxylic acids is 1. The topological polar surface area (TPSA) is 72.8 Å². The summed E-state index contributed by atoms with van der Waals surface area (Å²) < 4.78 is 10.7. The average molecular weight is 531 g/mol. The predicted molar refractivity (Wildman–Crippen MR) is 146 cm³/mol. The lowest BCUT2D eigenvalue weighted by Crippen LogP contribution is -2.03. The number of ketones is 1. The predicted octanol–water partition coefficient (Wildman–Crippen LogP) is 7.06. The summed E-state index contributed by atoms with van der Waals surface area (Å²) in [4.78, 5) is 27.1. The number of benzene rings is 4. The number of para-hydroxylation sites is 1. The van der Waals surface area contributed by atoms with Gasteiger partial charge in [-0.25, -0.2) is 0 Å². The lowest BCUT2D eigenvalue weighted by Gasteiger charge is -2.10. The summed E-state index contributed by atoms with van der Waals surface area (Å²) in [6.45, 7) is 0. The van der Waals surface area contributed by atoms with Crippen molar-refractivity contribution >= 4 is 35.3 Å². The number of fused-ring (bicyclic) bond motifs is 2. The number of ether oxygens (including phenoxy) is 2. The van der Waals surface area contributed by atoms with E-state index in [0.29, 0.717) is 6.42 Å². The number of carboxylic acid groups (broad SMARTS) is 1. The van der Waals surface area contributed by atoms with E-state index in [0.717, 1.165) is 47.8 Å². The van der Waals surface area contributed by atoms with Crippen molar-refractivity contribution in [2.24, 2.45) is 0 Å². The van der Waals surface area contributed by atoms with Gasteiger partial charge in [0.2, 0.25) is 0 Å². The van der Waals surface area contributed by atoms with Crippen LogP contribution in [0.3, 0.4) is 0 Å². The molecule has 0 saturated carbocycles. The first kappa shape index (κ1) is 26.4. The van der Waals surface area contributed by atoms with Crippen molar-refractivity contribution in [3.8, 4) is 11.5 Å². The number of carbonyl (C=O) groups excluding carboxylic acids is 1. The first-order chi connectivity index (χ1) is 18.0. The molecule has 7 heteroatoms. The van der Waals surface area contributed by atoms with Gasteiger partial charge in [-0.3, -0.25) is 9.59 Å². The average Bonchev–Trinajstić information content (AvgIpc) is 3.06. The van der Waals surface area contributed by atoms with Crippen LogP contribution >= 0.6 is 23.5 Å². The van der Waals surface area contributed by atoms with Crippen molar-refractivity contribution in [2.45, 2.75) is 32.4 Å². The fraction of sp³-hybridized carbons (Fsp3) is 0.133. The Bertz CT molecular complexity index is 1420. The molecule has 0 aromatic heterocycles. The van der Waals surface area contributed by atoms with Gasteiger partial charge in [-0.2, -0.15) is 0 Å².